The second-order valence-corrected chi connectivity index (χ2v) is 11.2. The topological polar surface area (TPSA) is 116 Å². The molecule has 0 aliphatic heterocycles. The van der Waals surface area contributed by atoms with Crippen LogP contribution >= 0.6 is 23.1 Å². The maximum absolute atomic E-state index is 13.1. The van der Waals surface area contributed by atoms with Gasteiger partial charge in [-0.2, -0.15) is 0 Å². The average molecular weight is 590 g/mol. The van der Waals surface area contributed by atoms with Crippen molar-refractivity contribution in [2.75, 3.05) is 30.6 Å². The van der Waals surface area contributed by atoms with E-state index in [-0.39, 0.29) is 28.8 Å². The standard InChI is InChI=1S/C29H27N5O5S2/c1-17-26(28(37)34(33(17)2)20-8-6-5-7-9-20)32-25(35)16-40-29-31-21-12-11-19(15-24(21)41-29)30-27(36)18-10-13-22(38-3)23(14-18)39-4/h5-15H,16H2,1-4H3,(H,30,36)(H,32,35). The minimum atomic E-state index is -0.303. The number of thioether (sulfide) groups is 1. The molecule has 210 valence electrons. The van der Waals surface area contributed by atoms with Crippen molar-refractivity contribution < 1.29 is 19.1 Å². The van der Waals surface area contributed by atoms with E-state index in [2.05, 4.69) is 15.6 Å². The van der Waals surface area contributed by atoms with Crippen LogP contribution in [0.2, 0.25) is 0 Å². The van der Waals surface area contributed by atoms with Crippen molar-refractivity contribution in [1.29, 1.82) is 0 Å². The molecule has 0 atom stereocenters. The summed E-state index contributed by atoms with van der Waals surface area (Å²) in [4.78, 5) is 43.2. The van der Waals surface area contributed by atoms with Gasteiger partial charge in [-0.15, -0.1) is 11.3 Å². The van der Waals surface area contributed by atoms with Gasteiger partial charge in [-0.25, -0.2) is 9.67 Å². The van der Waals surface area contributed by atoms with Gasteiger partial charge in [0.2, 0.25) is 5.91 Å². The van der Waals surface area contributed by atoms with Crippen LogP contribution in [0.1, 0.15) is 16.1 Å². The normalized spacial score (nSPS) is 10.9. The van der Waals surface area contributed by atoms with Crippen molar-refractivity contribution in [3.8, 4) is 17.2 Å². The highest BCUT2D eigenvalue weighted by Crippen LogP contribution is 2.32. The Hall–Kier alpha value is -4.55. The van der Waals surface area contributed by atoms with Crippen LogP contribution in [0.5, 0.6) is 11.5 Å². The third-order valence-electron chi connectivity index (χ3n) is 6.42. The number of nitrogens with zero attached hydrogens (tertiary/aromatic N) is 3. The molecule has 2 amide bonds. The van der Waals surface area contributed by atoms with Gasteiger partial charge in [0.05, 0.1) is 41.6 Å². The zero-order valence-corrected chi connectivity index (χ0v) is 24.4. The summed E-state index contributed by atoms with van der Waals surface area (Å²) in [5, 5.41) is 5.67. The van der Waals surface area contributed by atoms with Gasteiger partial charge >= 0.3 is 0 Å². The number of anilines is 2. The summed E-state index contributed by atoms with van der Waals surface area (Å²) in [5.74, 6) is 0.499. The number of nitrogens with one attached hydrogen (secondary N) is 2. The minimum Gasteiger partial charge on any atom is -0.493 e. The molecule has 0 unspecified atom stereocenters. The van der Waals surface area contributed by atoms with Crippen molar-refractivity contribution in [2.45, 2.75) is 11.3 Å². The summed E-state index contributed by atoms with van der Waals surface area (Å²) < 4.78 is 15.3. The maximum Gasteiger partial charge on any atom is 0.295 e. The highest BCUT2D eigenvalue weighted by molar-refractivity contribution is 8.01. The molecule has 0 radical (unpaired) electrons. The van der Waals surface area contributed by atoms with Crippen molar-refractivity contribution in [3.63, 3.8) is 0 Å². The largest absolute Gasteiger partial charge is 0.493 e. The molecule has 10 nitrogen and oxygen atoms in total. The summed E-state index contributed by atoms with van der Waals surface area (Å²) in [6, 6.07) is 19.7. The van der Waals surface area contributed by atoms with E-state index in [1.807, 2.05) is 42.5 Å². The van der Waals surface area contributed by atoms with Crippen LogP contribution < -0.4 is 25.7 Å². The number of aromatic nitrogens is 3. The van der Waals surface area contributed by atoms with Crippen molar-refractivity contribution in [1.82, 2.24) is 14.3 Å². The number of ether oxygens (including phenoxy) is 2. The Morgan fingerprint density at radius 2 is 1.73 bits per heavy atom. The molecule has 5 aromatic rings. The van der Waals surface area contributed by atoms with E-state index in [4.69, 9.17) is 9.47 Å². The number of hydrogen-bond acceptors (Lipinski definition) is 8. The predicted molar refractivity (Wildman–Crippen MR) is 162 cm³/mol. The summed E-state index contributed by atoms with van der Waals surface area (Å²) >= 11 is 2.70. The number of thiazole rings is 1. The first-order chi connectivity index (χ1) is 19.8. The molecule has 3 aromatic carbocycles. The van der Waals surface area contributed by atoms with Crippen molar-refractivity contribution >= 4 is 56.5 Å². The Labute approximate surface area is 243 Å². The van der Waals surface area contributed by atoms with Gasteiger partial charge in [0.25, 0.3) is 11.5 Å². The van der Waals surface area contributed by atoms with Crippen LogP contribution in [0.25, 0.3) is 15.9 Å². The number of hydrogen-bond donors (Lipinski definition) is 2. The van der Waals surface area contributed by atoms with Crippen LogP contribution in [0.15, 0.2) is 75.9 Å². The molecule has 0 saturated carbocycles. The molecule has 2 aromatic heterocycles. The second kappa shape index (κ2) is 11.9. The number of amides is 2. The van der Waals surface area contributed by atoms with E-state index in [9.17, 15) is 14.4 Å². The van der Waals surface area contributed by atoms with Gasteiger partial charge in [-0.05, 0) is 55.5 Å². The van der Waals surface area contributed by atoms with Crippen LogP contribution in [0, 0.1) is 6.92 Å². The fourth-order valence-corrected chi connectivity index (χ4v) is 6.15. The number of carbonyl (C=O) groups excluding carboxylic acids is 2. The molecular formula is C29H27N5O5S2. The number of fused-ring (bicyclic) bond motifs is 1. The quantitative estimate of drug-likeness (QED) is 0.230. The van der Waals surface area contributed by atoms with Gasteiger partial charge < -0.3 is 20.1 Å². The smallest absolute Gasteiger partial charge is 0.295 e. The number of carbonyl (C=O) groups is 2. The Balaban J connectivity index is 1.24. The summed E-state index contributed by atoms with van der Waals surface area (Å²) in [7, 11) is 4.83. The molecular weight excluding hydrogens is 562 g/mol. The number of rotatable bonds is 9. The third kappa shape index (κ3) is 5.83. The summed E-state index contributed by atoms with van der Waals surface area (Å²) in [5.41, 5.74) is 3.12. The summed E-state index contributed by atoms with van der Waals surface area (Å²) in [6.45, 7) is 1.79. The molecule has 0 fully saturated rings. The summed E-state index contributed by atoms with van der Waals surface area (Å²) in [6.07, 6.45) is 0. The Kier molecular flexibility index (Phi) is 8.13. The molecule has 41 heavy (non-hydrogen) atoms. The van der Waals surface area contributed by atoms with E-state index < -0.39 is 0 Å². The van der Waals surface area contributed by atoms with Crippen LogP contribution in [0.4, 0.5) is 11.4 Å². The number of methoxy groups -OCH3 is 2. The van der Waals surface area contributed by atoms with Crippen molar-refractivity contribution in [3.05, 3.63) is 88.3 Å². The zero-order valence-electron chi connectivity index (χ0n) is 22.8. The fourth-order valence-electron chi connectivity index (χ4n) is 4.24. The van der Waals surface area contributed by atoms with Gasteiger partial charge in [0, 0.05) is 18.3 Å². The molecule has 0 spiro atoms. The lowest BCUT2D eigenvalue weighted by molar-refractivity contribution is -0.113. The minimum absolute atomic E-state index is 0.0851. The average Bonchev–Trinajstić information content (AvgIpc) is 3.49. The van der Waals surface area contributed by atoms with E-state index in [0.29, 0.717) is 38.5 Å². The van der Waals surface area contributed by atoms with Gasteiger partial charge in [-0.3, -0.25) is 19.1 Å². The first-order valence-corrected chi connectivity index (χ1v) is 14.3. The van der Waals surface area contributed by atoms with E-state index in [0.717, 1.165) is 10.2 Å². The third-order valence-corrected chi connectivity index (χ3v) is 8.58. The van der Waals surface area contributed by atoms with Gasteiger partial charge in [0.1, 0.15) is 5.69 Å². The number of benzene rings is 3. The first kappa shape index (κ1) is 28.0. The molecule has 0 saturated heterocycles. The monoisotopic (exact) mass is 589 g/mol. The highest BCUT2D eigenvalue weighted by atomic mass is 32.2. The molecule has 5 rings (SSSR count). The lowest BCUT2D eigenvalue weighted by atomic mass is 10.2. The van der Waals surface area contributed by atoms with E-state index in [1.54, 1.807) is 42.9 Å². The Morgan fingerprint density at radius 1 is 0.976 bits per heavy atom. The SMILES string of the molecule is COc1ccc(C(=O)Nc2ccc3nc(SCC(=O)Nc4c(C)n(C)n(-c5ccccc5)c4=O)sc3c2)cc1OC. The molecule has 0 aliphatic carbocycles. The fraction of sp³-hybridized carbons (Fsp3) is 0.172. The lowest BCUT2D eigenvalue weighted by Crippen LogP contribution is -2.23. The highest BCUT2D eigenvalue weighted by Gasteiger charge is 2.19. The Morgan fingerprint density at radius 3 is 2.46 bits per heavy atom. The second-order valence-electron chi connectivity index (χ2n) is 8.96. The van der Waals surface area contributed by atoms with E-state index in [1.165, 1.54) is 42.0 Å². The Bertz CT molecular complexity index is 1810. The van der Waals surface area contributed by atoms with Gasteiger partial charge in [-0.1, -0.05) is 30.0 Å². The van der Waals surface area contributed by atoms with Crippen LogP contribution in [-0.2, 0) is 11.8 Å². The molecule has 2 heterocycles. The zero-order chi connectivity index (χ0) is 29.1. The lowest BCUT2D eigenvalue weighted by Gasteiger charge is -2.10. The molecule has 2 N–H and O–H groups in total. The predicted octanol–water partition coefficient (Wildman–Crippen LogP) is 5.09. The molecule has 0 aliphatic rings. The maximum atomic E-state index is 13.1. The van der Waals surface area contributed by atoms with Crippen LogP contribution in [0.3, 0.4) is 0 Å². The van der Waals surface area contributed by atoms with Gasteiger partial charge in [0.15, 0.2) is 15.8 Å². The van der Waals surface area contributed by atoms with Crippen molar-refractivity contribution in [2.24, 2.45) is 7.05 Å². The molecule has 12 heteroatoms. The van der Waals surface area contributed by atoms with Crippen LogP contribution in [-0.4, -0.2) is 46.1 Å². The molecule has 0 bridgehead atoms. The van der Waals surface area contributed by atoms with E-state index >= 15 is 0 Å². The first-order valence-electron chi connectivity index (χ1n) is 12.5. The number of para-hydroxylation sites is 1.